The zero-order chi connectivity index (χ0) is 18.2. The maximum absolute atomic E-state index is 10.8. The molecule has 0 bridgehead atoms. The second kappa shape index (κ2) is 9.59. The fourth-order valence-electron chi connectivity index (χ4n) is 4.04. The van der Waals surface area contributed by atoms with Gasteiger partial charge in [-0.3, -0.25) is 4.55 Å². The summed E-state index contributed by atoms with van der Waals surface area (Å²) in [6.07, 6.45) is 2.23. The van der Waals surface area contributed by atoms with Gasteiger partial charge in [0.1, 0.15) is 0 Å². The van der Waals surface area contributed by atoms with Crippen molar-refractivity contribution in [3.05, 3.63) is 42.0 Å². The van der Waals surface area contributed by atoms with E-state index in [-0.39, 0.29) is 57.7 Å². The molecule has 0 aliphatic carbocycles. The van der Waals surface area contributed by atoms with Crippen LogP contribution >= 0.6 is 17.0 Å². The molecular formula is C20H29BrNNaO3S. The first-order valence-electron chi connectivity index (χ1n) is 8.96. The molecule has 0 fully saturated rings. The van der Waals surface area contributed by atoms with Gasteiger partial charge in [0.15, 0.2) is 0 Å². The van der Waals surface area contributed by atoms with Gasteiger partial charge in [-0.15, -0.1) is 17.0 Å². The molecule has 1 unspecified atom stereocenters. The Morgan fingerprint density at radius 1 is 1.07 bits per heavy atom. The number of anilines is 1. The standard InChI is InChI=1S/C20H27NO3S.BrH.Na.H/c1-15-20(2,3)19-17-10-6-5-9-16(17)11-12-18(19)21(15)13-7-4-8-14-25(22,23)24;;;/h5-6,9-12,15H,4,7-8,13-14H2,1-3H3,(H,22,23,24);1H;;. The third kappa shape index (κ3) is 5.28. The normalized spacial score (nSPS) is 17.9. The van der Waals surface area contributed by atoms with E-state index in [0.29, 0.717) is 12.5 Å². The number of nitrogens with zero attached hydrogens (tertiary/aromatic N) is 1. The zero-order valence-corrected chi connectivity index (χ0v) is 18.1. The molecule has 1 N–H and O–H groups in total. The maximum atomic E-state index is 10.8. The SMILES string of the molecule is Br.CC1N(CCCCCS(=O)(=O)O)c2ccc3ccccc3c2C1(C)C.[NaH]. The van der Waals surface area contributed by atoms with E-state index in [0.717, 1.165) is 19.4 Å². The molecule has 0 aromatic heterocycles. The molecule has 2 aromatic rings. The molecule has 1 aliphatic rings. The summed E-state index contributed by atoms with van der Waals surface area (Å²) >= 11 is 0. The van der Waals surface area contributed by atoms with Crippen molar-refractivity contribution >= 4 is 73.1 Å². The van der Waals surface area contributed by atoms with Crippen LogP contribution < -0.4 is 4.90 Å². The molecule has 4 nitrogen and oxygen atoms in total. The summed E-state index contributed by atoms with van der Waals surface area (Å²) in [6, 6.07) is 13.3. The molecule has 0 spiro atoms. The topological polar surface area (TPSA) is 57.6 Å². The van der Waals surface area contributed by atoms with Gasteiger partial charge < -0.3 is 4.90 Å². The van der Waals surface area contributed by atoms with Crippen molar-refractivity contribution in [3.63, 3.8) is 0 Å². The molecule has 3 rings (SSSR count). The molecule has 1 atom stereocenters. The van der Waals surface area contributed by atoms with Crippen LogP contribution in [0.5, 0.6) is 0 Å². The minimum atomic E-state index is -3.84. The van der Waals surface area contributed by atoms with Crippen LogP contribution in [0.4, 0.5) is 5.69 Å². The first-order chi connectivity index (χ1) is 11.7. The fraction of sp³-hybridized carbons (Fsp3) is 0.500. The van der Waals surface area contributed by atoms with Crippen LogP contribution in [0.1, 0.15) is 45.6 Å². The fourth-order valence-corrected chi connectivity index (χ4v) is 4.61. The zero-order valence-electron chi connectivity index (χ0n) is 15.6. The molecule has 0 radical (unpaired) electrons. The van der Waals surface area contributed by atoms with Gasteiger partial charge in [-0.2, -0.15) is 8.42 Å². The van der Waals surface area contributed by atoms with Crippen molar-refractivity contribution in [1.29, 1.82) is 0 Å². The number of hydrogen-bond acceptors (Lipinski definition) is 3. The van der Waals surface area contributed by atoms with Crippen LogP contribution in [0.3, 0.4) is 0 Å². The molecule has 27 heavy (non-hydrogen) atoms. The Kier molecular flexibility index (Phi) is 8.86. The summed E-state index contributed by atoms with van der Waals surface area (Å²) in [6.45, 7) is 7.79. The number of benzene rings is 2. The molecule has 0 saturated heterocycles. The van der Waals surface area contributed by atoms with Crippen LogP contribution in [0.15, 0.2) is 36.4 Å². The Bertz CT molecular complexity index is 886. The van der Waals surface area contributed by atoms with E-state index in [9.17, 15) is 8.42 Å². The van der Waals surface area contributed by atoms with E-state index < -0.39 is 10.1 Å². The second-order valence-corrected chi connectivity index (χ2v) is 9.19. The predicted octanol–water partition coefficient (Wildman–Crippen LogP) is 4.31. The van der Waals surface area contributed by atoms with E-state index in [1.54, 1.807) is 0 Å². The summed E-state index contributed by atoms with van der Waals surface area (Å²) in [5, 5.41) is 2.60. The van der Waals surface area contributed by atoms with Gasteiger partial charge in [-0.05, 0) is 42.2 Å². The van der Waals surface area contributed by atoms with Crippen molar-refractivity contribution < 1.29 is 13.0 Å². The number of rotatable bonds is 6. The Balaban J connectivity index is 0.00000182. The minimum absolute atomic E-state index is 0. The summed E-state index contributed by atoms with van der Waals surface area (Å²) in [5.41, 5.74) is 2.77. The molecule has 0 amide bonds. The summed E-state index contributed by atoms with van der Waals surface area (Å²) in [5.74, 6) is -0.144. The number of halogens is 1. The van der Waals surface area contributed by atoms with E-state index in [4.69, 9.17) is 4.55 Å². The first-order valence-corrected chi connectivity index (χ1v) is 10.6. The van der Waals surface area contributed by atoms with Crippen molar-refractivity contribution in [3.8, 4) is 0 Å². The molecule has 7 heteroatoms. The van der Waals surface area contributed by atoms with Crippen LogP contribution in [-0.2, 0) is 15.5 Å². The van der Waals surface area contributed by atoms with Crippen LogP contribution in [0.2, 0.25) is 0 Å². The van der Waals surface area contributed by atoms with Gasteiger partial charge in [0.2, 0.25) is 0 Å². The van der Waals surface area contributed by atoms with Crippen molar-refractivity contribution in [2.24, 2.45) is 0 Å². The van der Waals surface area contributed by atoms with Gasteiger partial charge in [0, 0.05) is 23.7 Å². The van der Waals surface area contributed by atoms with Gasteiger partial charge in [-0.25, -0.2) is 0 Å². The summed E-state index contributed by atoms with van der Waals surface area (Å²) < 4.78 is 30.5. The first kappa shape index (κ1) is 24.9. The molecule has 1 aliphatic heterocycles. The number of fused-ring (bicyclic) bond motifs is 3. The second-order valence-electron chi connectivity index (χ2n) is 7.62. The van der Waals surface area contributed by atoms with Gasteiger partial charge in [0.05, 0.1) is 5.75 Å². The monoisotopic (exact) mass is 465 g/mol. The molecule has 2 aromatic carbocycles. The number of hydrogen-bond donors (Lipinski definition) is 1. The van der Waals surface area contributed by atoms with Gasteiger partial charge in [-0.1, -0.05) is 50.6 Å². The predicted molar refractivity (Wildman–Crippen MR) is 122 cm³/mol. The van der Waals surface area contributed by atoms with Crippen LogP contribution in [0.25, 0.3) is 10.8 Å². The Hall–Kier alpha value is -0.110. The van der Waals surface area contributed by atoms with Crippen LogP contribution in [0, 0.1) is 0 Å². The Labute approximate surface area is 195 Å². The third-order valence-corrected chi connectivity index (χ3v) is 6.48. The average molecular weight is 466 g/mol. The average Bonchev–Trinajstić information content (AvgIpc) is 2.74. The van der Waals surface area contributed by atoms with E-state index >= 15 is 0 Å². The quantitative estimate of drug-likeness (QED) is 0.392. The third-order valence-electron chi connectivity index (χ3n) is 5.67. The Morgan fingerprint density at radius 2 is 1.74 bits per heavy atom. The van der Waals surface area contributed by atoms with Crippen molar-refractivity contribution in [2.75, 3.05) is 17.2 Å². The van der Waals surface area contributed by atoms with E-state index in [1.165, 1.54) is 22.0 Å². The molecule has 1 heterocycles. The van der Waals surface area contributed by atoms with Gasteiger partial charge in [0.25, 0.3) is 10.1 Å². The summed E-state index contributed by atoms with van der Waals surface area (Å²) in [7, 11) is -3.84. The molecule has 0 saturated carbocycles. The molecular weight excluding hydrogens is 437 g/mol. The van der Waals surface area contributed by atoms with Crippen molar-refractivity contribution in [1.82, 2.24) is 0 Å². The Morgan fingerprint density at radius 3 is 2.41 bits per heavy atom. The molecule has 146 valence electrons. The van der Waals surface area contributed by atoms with Crippen molar-refractivity contribution in [2.45, 2.75) is 51.5 Å². The van der Waals surface area contributed by atoms with E-state index in [1.807, 2.05) is 0 Å². The number of unbranched alkanes of at least 4 members (excludes halogenated alkanes) is 2. The summed E-state index contributed by atoms with van der Waals surface area (Å²) in [4.78, 5) is 2.45. The van der Waals surface area contributed by atoms with E-state index in [2.05, 4.69) is 62.1 Å². The van der Waals surface area contributed by atoms with Gasteiger partial charge >= 0.3 is 29.6 Å². The van der Waals surface area contributed by atoms with Crippen LogP contribution in [-0.4, -0.2) is 60.9 Å².